The lowest BCUT2D eigenvalue weighted by Crippen LogP contribution is -2.37. The van der Waals surface area contributed by atoms with Crippen LogP contribution < -0.4 is 0 Å². The Bertz CT molecular complexity index is 384. The summed E-state index contributed by atoms with van der Waals surface area (Å²) >= 11 is 0. The molecule has 1 aromatic rings. The summed E-state index contributed by atoms with van der Waals surface area (Å²) in [7, 11) is 0. The van der Waals surface area contributed by atoms with E-state index in [1.165, 1.54) is 5.06 Å². The molecule has 0 heterocycles. The molecule has 0 atom stereocenters. The Balaban J connectivity index is 2.45. The monoisotopic (exact) mass is 233 g/mol. The highest BCUT2D eigenvalue weighted by Crippen LogP contribution is 2.13. The molecule has 1 rings (SSSR count). The second-order valence-corrected chi connectivity index (χ2v) is 4.65. The molecule has 0 aliphatic heterocycles. The van der Waals surface area contributed by atoms with Crippen molar-refractivity contribution in [3.05, 3.63) is 35.9 Å². The van der Waals surface area contributed by atoms with Gasteiger partial charge in [-0.15, -0.1) is 4.99 Å². The van der Waals surface area contributed by atoms with Gasteiger partial charge in [-0.05, 0) is 33.3 Å². The third kappa shape index (κ3) is 4.90. The maximum atomic E-state index is 5.21. The molecule has 0 amide bonds. The van der Waals surface area contributed by atoms with Crippen LogP contribution in [0.2, 0.25) is 0 Å². The topological polar surface area (TPSA) is 21.7 Å². The van der Waals surface area contributed by atoms with E-state index in [0.29, 0.717) is 6.61 Å². The maximum Gasteiger partial charge on any atom is 0.110 e. The van der Waals surface area contributed by atoms with Crippen molar-refractivity contribution < 1.29 is 9.88 Å². The van der Waals surface area contributed by atoms with Crippen LogP contribution in [0, 0.1) is 12.0 Å². The second-order valence-electron chi connectivity index (χ2n) is 4.65. The standard InChI is InChI=1S/C14H19NO2/c1-5-11-15(14(2,3)4)17-16-12-13-9-7-6-8-10-13/h6-10H,12H2,1-4H3. The second kappa shape index (κ2) is 6.29. The first-order valence-electron chi connectivity index (χ1n) is 5.60. The van der Waals surface area contributed by atoms with Crippen LogP contribution in [0.1, 0.15) is 33.3 Å². The highest BCUT2D eigenvalue weighted by atomic mass is 17.3. The van der Waals surface area contributed by atoms with Crippen molar-refractivity contribution in [2.24, 2.45) is 0 Å². The molecule has 3 heteroatoms. The van der Waals surface area contributed by atoms with Gasteiger partial charge in [-0.1, -0.05) is 36.3 Å². The first-order valence-corrected chi connectivity index (χ1v) is 5.60. The fraction of sp³-hybridized carbons (Fsp3) is 0.429. The van der Waals surface area contributed by atoms with Crippen LogP contribution in [-0.4, -0.2) is 10.6 Å². The number of hydroxylamine groups is 2. The summed E-state index contributed by atoms with van der Waals surface area (Å²) in [5.74, 6) is 2.79. The fourth-order valence-corrected chi connectivity index (χ4v) is 1.12. The molecule has 0 unspecified atom stereocenters. The molecule has 0 aliphatic rings. The molecule has 0 radical (unpaired) electrons. The zero-order valence-corrected chi connectivity index (χ0v) is 10.9. The highest BCUT2D eigenvalue weighted by molar-refractivity contribution is 5.13. The van der Waals surface area contributed by atoms with Gasteiger partial charge in [0.15, 0.2) is 0 Å². The molecule has 0 bridgehead atoms. The molecular weight excluding hydrogens is 214 g/mol. The number of nitrogens with zero attached hydrogens (tertiary/aromatic N) is 1. The fourth-order valence-electron chi connectivity index (χ4n) is 1.12. The zero-order valence-electron chi connectivity index (χ0n) is 10.9. The van der Waals surface area contributed by atoms with Crippen molar-refractivity contribution in [2.75, 3.05) is 0 Å². The molecular formula is C14H19NO2. The molecule has 3 nitrogen and oxygen atoms in total. The Hall–Kier alpha value is -1.50. The summed E-state index contributed by atoms with van der Waals surface area (Å²) in [6.07, 6.45) is 0. The van der Waals surface area contributed by atoms with Crippen LogP contribution in [0.15, 0.2) is 30.3 Å². The number of hydrogen-bond acceptors (Lipinski definition) is 3. The van der Waals surface area contributed by atoms with E-state index < -0.39 is 0 Å². The highest BCUT2D eigenvalue weighted by Gasteiger charge is 2.20. The summed E-state index contributed by atoms with van der Waals surface area (Å²) in [6.45, 7) is 8.17. The van der Waals surface area contributed by atoms with Crippen LogP contribution >= 0.6 is 0 Å². The van der Waals surface area contributed by atoms with Crippen LogP contribution in [0.3, 0.4) is 0 Å². The Kier molecular flexibility index (Phi) is 5.02. The van der Waals surface area contributed by atoms with E-state index in [0.717, 1.165) is 5.56 Å². The predicted octanol–water partition coefficient (Wildman–Crippen LogP) is 3.13. The largest absolute Gasteiger partial charge is 0.207 e. The molecule has 0 saturated heterocycles. The first kappa shape index (κ1) is 13.6. The SMILES string of the molecule is CC#CN(OOCc1ccccc1)C(C)(C)C. The van der Waals surface area contributed by atoms with Gasteiger partial charge in [-0.3, -0.25) is 0 Å². The van der Waals surface area contributed by atoms with Gasteiger partial charge in [0.2, 0.25) is 0 Å². The van der Waals surface area contributed by atoms with Crippen molar-refractivity contribution in [2.45, 2.75) is 39.8 Å². The number of rotatable bonds is 4. The molecule has 1 aromatic carbocycles. The van der Waals surface area contributed by atoms with E-state index in [-0.39, 0.29) is 5.54 Å². The number of benzene rings is 1. The maximum absolute atomic E-state index is 5.21. The van der Waals surface area contributed by atoms with E-state index in [9.17, 15) is 0 Å². The average Bonchev–Trinajstić information content (AvgIpc) is 2.28. The molecule has 0 fully saturated rings. The molecule has 0 saturated carbocycles. The van der Waals surface area contributed by atoms with Crippen LogP contribution in [-0.2, 0) is 16.5 Å². The first-order chi connectivity index (χ1) is 8.04. The Morgan fingerprint density at radius 1 is 1.18 bits per heavy atom. The van der Waals surface area contributed by atoms with E-state index >= 15 is 0 Å². The summed E-state index contributed by atoms with van der Waals surface area (Å²) in [4.78, 5) is 10.4. The van der Waals surface area contributed by atoms with E-state index in [1.807, 2.05) is 51.1 Å². The van der Waals surface area contributed by atoms with Gasteiger partial charge in [-0.25, -0.2) is 4.89 Å². The third-order valence-electron chi connectivity index (χ3n) is 2.02. The summed E-state index contributed by atoms with van der Waals surface area (Å²) in [5, 5.41) is 1.51. The minimum Gasteiger partial charge on any atom is -0.207 e. The van der Waals surface area contributed by atoms with Crippen molar-refractivity contribution in [3.63, 3.8) is 0 Å². The Morgan fingerprint density at radius 3 is 2.35 bits per heavy atom. The van der Waals surface area contributed by atoms with Crippen molar-refractivity contribution >= 4 is 0 Å². The van der Waals surface area contributed by atoms with Gasteiger partial charge in [0.05, 0.1) is 5.54 Å². The molecule has 0 N–H and O–H groups in total. The van der Waals surface area contributed by atoms with Gasteiger partial charge in [-0.2, -0.15) is 5.06 Å². The molecule has 0 aromatic heterocycles. The van der Waals surface area contributed by atoms with Crippen molar-refractivity contribution in [1.29, 1.82) is 0 Å². The molecule has 92 valence electrons. The van der Waals surface area contributed by atoms with E-state index in [4.69, 9.17) is 9.88 Å². The van der Waals surface area contributed by atoms with Crippen LogP contribution in [0.5, 0.6) is 0 Å². The van der Waals surface area contributed by atoms with Crippen molar-refractivity contribution in [3.8, 4) is 12.0 Å². The smallest absolute Gasteiger partial charge is 0.110 e. The molecule has 0 aliphatic carbocycles. The van der Waals surface area contributed by atoms with E-state index in [1.54, 1.807) is 6.92 Å². The van der Waals surface area contributed by atoms with Crippen molar-refractivity contribution in [1.82, 2.24) is 5.06 Å². The van der Waals surface area contributed by atoms with Gasteiger partial charge in [0.25, 0.3) is 0 Å². The summed E-state index contributed by atoms with van der Waals surface area (Å²) < 4.78 is 0. The lowest BCUT2D eigenvalue weighted by molar-refractivity contribution is -0.431. The average molecular weight is 233 g/mol. The molecule has 0 spiro atoms. The van der Waals surface area contributed by atoms with Gasteiger partial charge in [0.1, 0.15) is 6.61 Å². The van der Waals surface area contributed by atoms with Crippen LogP contribution in [0.4, 0.5) is 0 Å². The Morgan fingerprint density at radius 2 is 1.82 bits per heavy atom. The minimum atomic E-state index is -0.223. The quantitative estimate of drug-likeness (QED) is 0.345. The lowest BCUT2D eigenvalue weighted by Gasteiger charge is -2.28. The normalized spacial score (nSPS) is 10.6. The third-order valence-corrected chi connectivity index (χ3v) is 2.02. The lowest BCUT2D eigenvalue weighted by atomic mass is 10.1. The number of hydrogen-bond donors (Lipinski definition) is 0. The van der Waals surface area contributed by atoms with Crippen LogP contribution in [0.25, 0.3) is 0 Å². The summed E-state index contributed by atoms with van der Waals surface area (Å²) in [5.41, 5.74) is 0.838. The predicted molar refractivity (Wildman–Crippen MR) is 67.4 cm³/mol. The Labute approximate surface area is 103 Å². The zero-order chi connectivity index (χ0) is 12.7. The van der Waals surface area contributed by atoms with Gasteiger partial charge < -0.3 is 0 Å². The van der Waals surface area contributed by atoms with E-state index in [2.05, 4.69) is 12.0 Å². The summed E-state index contributed by atoms with van der Waals surface area (Å²) in [6, 6.07) is 12.7. The minimum absolute atomic E-state index is 0.223. The molecule has 17 heavy (non-hydrogen) atoms. The van der Waals surface area contributed by atoms with Gasteiger partial charge >= 0.3 is 0 Å². The van der Waals surface area contributed by atoms with Gasteiger partial charge in [0, 0.05) is 6.04 Å².